The Morgan fingerprint density at radius 2 is 1.89 bits per heavy atom. The molecule has 0 aromatic carbocycles. The molecule has 1 aromatic heterocycles. The van der Waals surface area contributed by atoms with Crippen molar-refractivity contribution in [2.45, 2.75) is 45.1 Å². The summed E-state index contributed by atoms with van der Waals surface area (Å²) in [5.74, 6) is -1.44. The van der Waals surface area contributed by atoms with E-state index < -0.39 is 5.97 Å². The van der Waals surface area contributed by atoms with Crippen LogP contribution in [0, 0.1) is 0 Å². The fraction of sp³-hybridized carbons (Fsp3) is 0.571. The van der Waals surface area contributed by atoms with Gasteiger partial charge in [-0.1, -0.05) is 19.3 Å². The number of carbonyl (C=O) groups is 2. The van der Waals surface area contributed by atoms with E-state index in [1.807, 2.05) is 6.92 Å². The van der Waals surface area contributed by atoms with Gasteiger partial charge in [-0.2, -0.15) is 0 Å². The van der Waals surface area contributed by atoms with Crippen molar-refractivity contribution in [3.8, 4) is 0 Å². The molecule has 1 aliphatic carbocycles. The molecule has 1 amide bonds. The van der Waals surface area contributed by atoms with E-state index in [9.17, 15) is 9.59 Å². The summed E-state index contributed by atoms with van der Waals surface area (Å²) < 4.78 is 5.09. The molecule has 2 rings (SSSR count). The van der Waals surface area contributed by atoms with Crippen molar-refractivity contribution in [2.75, 3.05) is 6.54 Å². The normalized spacial score (nSPS) is 16.3. The molecule has 1 N–H and O–H groups in total. The summed E-state index contributed by atoms with van der Waals surface area (Å²) in [4.78, 5) is 24.9. The van der Waals surface area contributed by atoms with Crippen LogP contribution in [-0.2, 0) is 0 Å². The molecular weight excluding hydrogens is 246 g/mol. The molecule has 1 saturated carbocycles. The van der Waals surface area contributed by atoms with E-state index in [2.05, 4.69) is 0 Å². The number of carbonyl (C=O) groups excluding carboxylic acids is 1. The summed E-state index contributed by atoms with van der Waals surface area (Å²) in [6, 6.07) is 3.02. The second kappa shape index (κ2) is 5.91. The lowest BCUT2D eigenvalue weighted by Gasteiger charge is -2.32. The topological polar surface area (TPSA) is 70.8 Å². The molecule has 0 bridgehead atoms. The van der Waals surface area contributed by atoms with E-state index in [0.717, 1.165) is 25.7 Å². The number of hydrogen-bond donors (Lipinski definition) is 1. The zero-order chi connectivity index (χ0) is 13.8. The predicted molar refractivity (Wildman–Crippen MR) is 69.3 cm³/mol. The maximum Gasteiger partial charge on any atom is 0.371 e. The molecule has 1 heterocycles. The van der Waals surface area contributed by atoms with Gasteiger partial charge in [0.2, 0.25) is 5.76 Å². The molecule has 0 atom stereocenters. The van der Waals surface area contributed by atoms with E-state index in [1.54, 1.807) is 4.90 Å². The van der Waals surface area contributed by atoms with Crippen LogP contribution in [0.2, 0.25) is 0 Å². The standard InChI is InChI=1S/C14H19NO4/c1-2-15(10-6-4-3-5-7-10)13(16)11-8-9-12(19-11)14(17)18/h8-10H,2-7H2,1H3,(H,17,18). The lowest BCUT2D eigenvalue weighted by atomic mass is 9.94. The molecule has 5 nitrogen and oxygen atoms in total. The van der Waals surface area contributed by atoms with Crippen LogP contribution < -0.4 is 0 Å². The average molecular weight is 265 g/mol. The molecule has 5 heteroatoms. The largest absolute Gasteiger partial charge is 0.475 e. The van der Waals surface area contributed by atoms with Crippen LogP contribution in [0.4, 0.5) is 0 Å². The van der Waals surface area contributed by atoms with Gasteiger partial charge in [-0.05, 0) is 31.9 Å². The van der Waals surface area contributed by atoms with Gasteiger partial charge in [-0.3, -0.25) is 4.79 Å². The first-order valence-corrected chi connectivity index (χ1v) is 6.77. The highest BCUT2D eigenvalue weighted by molar-refractivity contribution is 5.93. The number of nitrogens with zero attached hydrogens (tertiary/aromatic N) is 1. The van der Waals surface area contributed by atoms with Gasteiger partial charge in [0.25, 0.3) is 5.91 Å². The summed E-state index contributed by atoms with van der Waals surface area (Å²) in [6.45, 7) is 2.56. The zero-order valence-corrected chi connectivity index (χ0v) is 11.1. The van der Waals surface area contributed by atoms with Crippen molar-refractivity contribution in [3.63, 3.8) is 0 Å². The number of carboxylic acids is 1. The van der Waals surface area contributed by atoms with Gasteiger partial charge in [0.05, 0.1) is 0 Å². The molecule has 1 aliphatic rings. The Balaban J connectivity index is 2.12. The molecular formula is C14H19NO4. The quantitative estimate of drug-likeness (QED) is 0.908. The highest BCUT2D eigenvalue weighted by Gasteiger charge is 2.27. The van der Waals surface area contributed by atoms with Gasteiger partial charge in [-0.15, -0.1) is 0 Å². The van der Waals surface area contributed by atoms with Crippen LogP contribution >= 0.6 is 0 Å². The Morgan fingerprint density at radius 3 is 2.42 bits per heavy atom. The Kier molecular flexibility index (Phi) is 4.24. The van der Waals surface area contributed by atoms with E-state index in [-0.39, 0.29) is 23.5 Å². The lowest BCUT2D eigenvalue weighted by molar-refractivity contribution is 0.0600. The van der Waals surface area contributed by atoms with E-state index in [0.29, 0.717) is 6.54 Å². The summed E-state index contributed by atoms with van der Waals surface area (Å²) in [5, 5.41) is 8.81. The van der Waals surface area contributed by atoms with Gasteiger partial charge in [0.1, 0.15) is 0 Å². The number of furan rings is 1. The number of carboxylic acid groups (broad SMARTS) is 1. The molecule has 104 valence electrons. The van der Waals surface area contributed by atoms with Crippen molar-refractivity contribution in [1.29, 1.82) is 0 Å². The third-order valence-corrected chi connectivity index (χ3v) is 3.64. The predicted octanol–water partition coefficient (Wildman–Crippen LogP) is 2.77. The Labute approximate surface area is 112 Å². The SMILES string of the molecule is CCN(C(=O)c1ccc(C(=O)O)o1)C1CCCCC1. The lowest BCUT2D eigenvalue weighted by Crippen LogP contribution is -2.41. The monoisotopic (exact) mass is 265 g/mol. The van der Waals surface area contributed by atoms with Crippen molar-refractivity contribution < 1.29 is 19.1 Å². The Hall–Kier alpha value is -1.78. The first-order chi connectivity index (χ1) is 9.13. The van der Waals surface area contributed by atoms with E-state index in [1.165, 1.54) is 18.6 Å². The molecule has 1 aromatic rings. The van der Waals surface area contributed by atoms with Crippen LogP contribution in [0.1, 0.15) is 60.1 Å². The molecule has 1 fully saturated rings. The van der Waals surface area contributed by atoms with E-state index in [4.69, 9.17) is 9.52 Å². The second-order valence-corrected chi connectivity index (χ2v) is 4.85. The summed E-state index contributed by atoms with van der Waals surface area (Å²) >= 11 is 0. The number of amides is 1. The Bertz CT molecular complexity index is 460. The minimum Gasteiger partial charge on any atom is -0.475 e. The van der Waals surface area contributed by atoms with Crippen LogP contribution in [0.3, 0.4) is 0 Å². The van der Waals surface area contributed by atoms with Gasteiger partial charge in [0.15, 0.2) is 5.76 Å². The highest BCUT2D eigenvalue weighted by atomic mass is 16.4. The molecule has 0 unspecified atom stereocenters. The summed E-state index contributed by atoms with van der Waals surface area (Å²) in [5.41, 5.74) is 0. The third kappa shape index (κ3) is 2.97. The minimum absolute atomic E-state index is 0.116. The van der Waals surface area contributed by atoms with E-state index >= 15 is 0 Å². The Morgan fingerprint density at radius 1 is 1.26 bits per heavy atom. The van der Waals surface area contributed by atoms with Crippen molar-refractivity contribution in [3.05, 3.63) is 23.7 Å². The molecule has 0 radical (unpaired) electrons. The number of aromatic carboxylic acids is 1. The zero-order valence-electron chi connectivity index (χ0n) is 11.1. The number of hydrogen-bond acceptors (Lipinski definition) is 3. The van der Waals surface area contributed by atoms with Crippen LogP contribution in [0.25, 0.3) is 0 Å². The minimum atomic E-state index is -1.15. The molecule has 0 spiro atoms. The highest BCUT2D eigenvalue weighted by Crippen LogP contribution is 2.24. The summed E-state index contributed by atoms with van der Waals surface area (Å²) in [6.07, 6.45) is 5.56. The first kappa shape index (κ1) is 13.6. The smallest absolute Gasteiger partial charge is 0.371 e. The molecule has 19 heavy (non-hydrogen) atoms. The van der Waals surface area contributed by atoms with Gasteiger partial charge >= 0.3 is 5.97 Å². The van der Waals surface area contributed by atoms with Gasteiger partial charge in [-0.25, -0.2) is 4.79 Å². The van der Waals surface area contributed by atoms with Crippen molar-refractivity contribution in [1.82, 2.24) is 4.90 Å². The average Bonchev–Trinajstić information content (AvgIpc) is 2.90. The van der Waals surface area contributed by atoms with Crippen LogP contribution in [0.5, 0.6) is 0 Å². The molecule has 0 aliphatic heterocycles. The maximum absolute atomic E-state index is 12.4. The van der Waals surface area contributed by atoms with Gasteiger partial charge < -0.3 is 14.4 Å². The second-order valence-electron chi connectivity index (χ2n) is 4.85. The van der Waals surface area contributed by atoms with Gasteiger partial charge in [0, 0.05) is 12.6 Å². The maximum atomic E-state index is 12.4. The third-order valence-electron chi connectivity index (χ3n) is 3.64. The molecule has 0 saturated heterocycles. The van der Waals surface area contributed by atoms with Crippen LogP contribution in [-0.4, -0.2) is 34.5 Å². The van der Waals surface area contributed by atoms with Crippen molar-refractivity contribution >= 4 is 11.9 Å². The van der Waals surface area contributed by atoms with Crippen molar-refractivity contribution in [2.24, 2.45) is 0 Å². The summed E-state index contributed by atoms with van der Waals surface area (Å²) in [7, 11) is 0. The fourth-order valence-electron chi connectivity index (χ4n) is 2.67. The number of rotatable bonds is 4. The first-order valence-electron chi connectivity index (χ1n) is 6.77. The fourth-order valence-corrected chi connectivity index (χ4v) is 2.67. The van der Waals surface area contributed by atoms with Crippen LogP contribution in [0.15, 0.2) is 16.5 Å².